The number of benzene rings is 1. The average molecular weight is 246 g/mol. The van der Waals surface area contributed by atoms with E-state index in [0.717, 1.165) is 0 Å². The third-order valence-electron chi connectivity index (χ3n) is 2.16. The second-order valence-corrected chi connectivity index (χ2v) is 3.67. The van der Waals surface area contributed by atoms with Crippen LogP contribution in [-0.2, 0) is 4.79 Å². The lowest BCUT2D eigenvalue weighted by Gasteiger charge is -2.14. The molecule has 0 saturated heterocycles. The molecule has 1 aromatic carbocycles. The second-order valence-electron chi connectivity index (χ2n) is 3.67. The minimum absolute atomic E-state index is 0.134. The normalized spacial score (nSPS) is 9.22. The van der Waals surface area contributed by atoms with E-state index in [1.54, 1.807) is 24.3 Å². The van der Waals surface area contributed by atoms with E-state index in [1.807, 2.05) is 0 Å². The van der Waals surface area contributed by atoms with E-state index in [1.165, 1.54) is 11.9 Å². The highest BCUT2D eigenvalue weighted by Crippen LogP contribution is 2.06. The molecule has 1 aromatic rings. The Morgan fingerprint density at radius 3 is 2.78 bits per heavy atom. The maximum atomic E-state index is 11.9. The summed E-state index contributed by atoms with van der Waals surface area (Å²) in [6.07, 6.45) is 0. The van der Waals surface area contributed by atoms with Gasteiger partial charge in [0.15, 0.2) is 0 Å². The van der Waals surface area contributed by atoms with Crippen molar-refractivity contribution in [3.63, 3.8) is 0 Å². The molecule has 1 rings (SSSR count). The topological polar surface area (TPSA) is 83.6 Å². The Labute approximate surface area is 105 Å². The van der Waals surface area contributed by atoms with Gasteiger partial charge in [0.2, 0.25) is 5.91 Å². The van der Waals surface area contributed by atoms with Gasteiger partial charge in [0.05, 0.1) is 6.54 Å². The van der Waals surface area contributed by atoms with Gasteiger partial charge in [0.1, 0.15) is 6.61 Å². The molecule has 5 heteroatoms. The van der Waals surface area contributed by atoms with Gasteiger partial charge in [0, 0.05) is 18.2 Å². The minimum Gasteiger partial charge on any atom is -0.384 e. The molecule has 0 radical (unpaired) electrons. The van der Waals surface area contributed by atoms with Crippen LogP contribution in [0.5, 0.6) is 0 Å². The SMILES string of the molecule is CN(CC(N)=O)C(=O)c1cccc(C#CCO)c1. The summed E-state index contributed by atoms with van der Waals surface area (Å²) in [6.45, 7) is -0.370. The molecule has 2 amide bonds. The predicted molar refractivity (Wildman–Crippen MR) is 66.6 cm³/mol. The number of amides is 2. The molecular weight excluding hydrogens is 232 g/mol. The zero-order chi connectivity index (χ0) is 13.5. The van der Waals surface area contributed by atoms with E-state index in [0.29, 0.717) is 11.1 Å². The lowest BCUT2D eigenvalue weighted by molar-refractivity contribution is -0.118. The number of likely N-dealkylation sites (N-methyl/N-ethyl adjacent to an activating group) is 1. The molecule has 0 fully saturated rings. The molecule has 0 aliphatic heterocycles. The van der Waals surface area contributed by atoms with Gasteiger partial charge in [-0.1, -0.05) is 17.9 Å². The fraction of sp³-hybridized carbons (Fsp3) is 0.231. The van der Waals surface area contributed by atoms with Crippen molar-refractivity contribution in [1.29, 1.82) is 0 Å². The van der Waals surface area contributed by atoms with E-state index >= 15 is 0 Å². The molecule has 0 aromatic heterocycles. The highest BCUT2D eigenvalue weighted by molar-refractivity contribution is 5.96. The molecule has 0 heterocycles. The van der Waals surface area contributed by atoms with Crippen LogP contribution in [0.1, 0.15) is 15.9 Å². The third kappa shape index (κ3) is 3.92. The van der Waals surface area contributed by atoms with Crippen molar-refractivity contribution in [3.05, 3.63) is 35.4 Å². The second kappa shape index (κ2) is 6.42. The first-order valence-electron chi connectivity index (χ1n) is 5.28. The number of rotatable bonds is 3. The number of aliphatic hydroxyl groups excluding tert-OH is 1. The van der Waals surface area contributed by atoms with Gasteiger partial charge in [-0.25, -0.2) is 0 Å². The molecule has 0 saturated carbocycles. The maximum absolute atomic E-state index is 11.9. The van der Waals surface area contributed by atoms with Gasteiger partial charge >= 0.3 is 0 Å². The van der Waals surface area contributed by atoms with Crippen LogP contribution in [0.3, 0.4) is 0 Å². The molecule has 0 atom stereocenters. The largest absolute Gasteiger partial charge is 0.384 e. The van der Waals surface area contributed by atoms with E-state index in [9.17, 15) is 9.59 Å². The van der Waals surface area contributed by atoms with Crippen LogP contribution in [0.15, 0.2) is 24.3 Å². The molecule has 0 aliphatic rings. The zero-order valence-corrected chi connectivity index (χ0v) is 10.0. The monoisotopic (exact) mass is 246 g/mol. The first-order chi connectivity index (χ1) is 8.54. The summed E-state index contributed by atoms with van der Waals surface area (Å²) in [5.41, 5.74) is 6.07. The minimum atomic E-state index is -0.568. The Morgan fingerprint density at radius 1 is 1.44 bits per heavy atom. The number of carbonyl (C=O) groups excluding carboxylic acids is 2. The van der Waals surface area contributed by atoms with Gasteiger partial charge in [-0.3, -0.25) is 9.59 Å². The van der Waals surface area contributed by atoms with Crippen LogP contribution >= 0.6 is 0 Å². The summed E-state index contributed by atoms with van der Waals surface area (Å²) in [7, 11) is 1.50. The lowest BCUT2D eigenvalue weighted by atomic mass is 10.1. The van der Waals surface area contributed by atoms with Crippen molar-refractivity contribution < 1.29 is 14.7 Å². The molecule has 0 bridgehead atoms. The van der Waals surface area contributed by atoms with Crippen molar-refractivity contribution in [2.75, 3.05) is 20.2 Å². The molecule has 0 unspecified atom stereocenters. The zero-order valence-electron chi connectivity index (χ0n) is 10.0. The van der Waals surface area contributed by atoms with E-state index in [4.69, 9.17) is 10.8 Å². The van der Waals surface area contributed by atoms with Crippen LogP contribution in [-0.4, -0.2) is 42.0 Å². The number of primary amides is 1. The van der Waals surface area contributed by atoms with Gasteiger partial charge in [-0.15, -0.1) is 0 Å². The Balaban J connectivity index is 2.89. The van der Waals surface area contributed by atoms with Gasteiger partial charge in [-0.2, -0.15) is 0 Å². The number of aliphatic hydroxyl groups is 1. The highest BCUT2D eigenvalue weighted by Gasteiger charge is 2.13. The van der Waals surface area contributed by atoms with Crippen molar-refractivity contribution in [1.82, 2.24) is 4.90 Å². The summed E-state index contributed by atoms with van der Waals surface area (Å²) in [4.78, 5) is 23.9. The first-order valence-corrected chi connectivity index (χ1v) is 5.28. The fourth-order valence-electron chi connectivity index (χ4n) is 1.40. The molecule has 94 valence electrons. The van der Waals surface area contributed by atoms with Gasteiger partial charge in [0.25, 0.3) is 5.91 Å². The van der Waals surface area contributed by atoms with Crippen molar-refractivity contribution in [2.24, 2.45) is 5.73 Å². The molecule has 0 aliphatic carbocycles. The summed E-state index contributed by atoms with van der Waals surface area (Å²) in [6, 6.07) is 6.65. The Hall–Kier alpha value is -2.32. The van der Waals surface area contributed by atoms with Gasteiger partial charge < -0.3 is 15.7 Å². The quantitative estimate of drug-likeness (QED) is 0.711. The standard InChI is InChI=1S/C13H14N2O3/c1-15(9-12(14)17)13(18)11-6-2-4-10(8-11)5-3-7-16/h2,4,6,8,16H,7,9H2,1H3,(H2,14,17). The number of hydrogen-bond donors (Lipinski definition) is 2. The molecular formula is C13H14N2O3. The number of nitrogens with two attached hydrogens (primary N) is 1. The van der Waals surface area contributed by atoms with Crippen molar-refractivity contribution in [3.8, 4) is 11.8 Å². The Morgan fingerprint density at radius 2 is 2.17 bits per heavy atom. The number of nitrogens with zero attached hydrogens (tertiary/aromatic N) is 1. The summed E-state index contributed by atoms with van der Waals surface area (Å²) >= 11 is 0. The van der Waals surface area contributed by atoms with Crippen molar-refractivity contribution in [2.45, 2.75) is 0 Å². The van der Waals surface area contributed by atoms with Crippen LogP contribution in [0.4, 0.5) is 0 Å². The smallest absolute Gasteiger partial charge is 0.254 e. The predicted octanol–water partition coefficient (Wildman–Crippen LogP) is -0.412. The maximum Gasteiger partial charge on any atom is 0.254 e. The van der Waals surface area contributed by atoms with E-state index in [-0.39, 0.29) is 19.1 Å². The van der Waals surface area contributed by atoms with Crippen LogP contribution in [0.25, 0.3) is 0 Å². The Kier molecular flexibility index (Phi) is 4.90. The van der Waals surface area contributed by atoms with Crippen molar-refractivity contribution >= 4 is 11.8 Å². The number of hydrogen-bond acceptors (Lipinski definition) is 3. The molecule has 5 nitrogen and oxygen atoms in total. The van der Waals surface area contributed by atoms with Crippen LogP contribution < -0.4 is 5.73 Å². The molecule has 0 spiro atoms. The molecule has 3 N–H and O–H groups in total. The van der Waals surface area contributed by atoms with Crippen LogP contribution in [0, 0.1) is 11.8 Å². The van der Waals surface area contributed by atoms with E-state index < -0.39 is 5.91 Å². The van der Waals surface area contributed by atoms with E-state index in [2.05, 4.69) is 11.8 Å². The highest BCUT2D eigenvalue weighted by atomic mass is 16.2. The fourth-order valence-corrected chi connectivity index (χ4v) is 1.40. The average Bonchev–Trinajstić information content (AvgIpc) is 2.35. The van der Waals surface area contributed by atoms with Gasteiger partial charge in [-0.05, 0) is 18.2 Å². The Bertz CT molecular complexity index is 514. The lowest BCUT2D eigenvalue weighted by Crippen LogP contribution is -2.35. The number of carbonyl (C=O) groups is 2. The first kappa shape index (κ1) is 13.7. The summed E-state index contributed by atoms with van der Waals surface area (Å²) in [5.74, 6) is 4.33. The third-order valence-corrected chi connectivity index (χ3v) is 2.16. The summed E-state index contributed by atoms with van der Waals surface area (Å²) in [5, 5.41) is 8.59. The molecule has 18 heavy (non-hydrogen) atoms. The summed E-state index contributed by atoms with van der Waals surface area (Å²) < 4.78 is 0. The van der Waals surface area contributed by atoms with Crippen LogP contribution in [0.2, 0.25) is 0 Å².